The minimum absolute atomic E-state index is 0.246. The van der Waals surface area contributed by atoms with Crippen molar-refractivity contribution < 1.29 is 9.18 Å². The summed E-state index contributed by atoms with van der Waals surface area (Å²) >= 11 is 0. The molecule has 28 heavy (non-hydrogen) atoms. The van der Waals surface area contributed by atoms with E-state index in [1.165, 1.54) is 30.1 Å². The molecule has 2 aromatic carbocycles. The maximum absolute atomic E-state index is 12.9. The Morgan fingerprint density at radius 1 is 1.00 bits per heavy atom. The molecule has 0 radical (unpaired) electrons. The SMILES string of the molecule is CC(C)c1ccc(NC(=O)c2cnc(NCCc3ccc(F)cc3)nc2)cc1. The van der Waals surface area contributed by atoms with Gasteiger partial charge in [-0.2, -0.15) is 0 Å². The topological polar surface area (TPSA) is 66.9 Å². The van der Waals surface area contributed by atoms with E-state index in [4.69, 9.17) is 0 Å². The predicted molar refractivity (Wildman–Crippen MR) is 109 cm³/mol. The lowest BCUT2D eigenvalue weighted by Crippen LogP contribution is -2.14. The van der Waals surface area contributed by atoms with Gasteiger partial charge in [-0.3, -0.25) is 4.79 Å². The van der Waals surface area contributed by atoms with Gasteiger partial charge in [0.25, 0.3) is 5.91 Å². The molecule has 3 aromatic rings. The van der Waals surface area contributed by atoms with Crippen LogP contribution >= 0.6 is 0 Å². The average Bonchev–Trinajstić information content (AvgIpc) is 2.70. The number of hydrogen-bond donors (Lipinski definition) is 2. The largest absolute Gasteiger partial charge is 0.354 e. The highest BCUT2D eigenvalue weighted by Gasteiger charge is 2.08. The molecule has 0 atom stereocenters. The summed E-state index contributed by atoms with van der Waals surface area (Å²) in [5.41, 5.74) is 3.36. The fourth-order valence-electron chi connectivity index (χ4n) is 2.66. The van der Waals surface area contributed by atoms with Crippen molar-refractivity contribution in [1.82, 2.24) is 9.97 Å². The third-order valence-corrected chi connectivity index (χ3v) is 4.36. The zero-order chi connectivity index (χ0) is 19.9. The molecular formula is C22H23FN4O. The summed E-state index contributed by atoms with van der Waals surface area (Å²) in [6, 6.07) is 14.2. The van der Waals surface area contributed by atoms with Crippen LogP contribution in [0.2, 0.25) is 0 Å². The molecule has 6 heteroatoms. The first-order valence-corrected chi connectivity index (χ1v) is 9.23. The van der Waals surface area contributed by atoms with Gasteiger partial charge >= 0.3 is 0 Å². The molecule has 1 amide bonds. The number of benzene rings is 2. The van der Waals surface area contributed by atoms with Crippen LogP contribution in [-0.4, -0.2) is 22.4 Å². The Bertz CT molecular complexity index is 907. The lowest BCUT2D eigenvalue weighted by molar-refractivity contribution is 0.102. The Kier molecular flexibility index (Phi) is 6.32. The molecule has 5 nitrogen and oxygen atoms in total. The van der Waals surface area contributed by atoms with Crippen LogP contribution in [0.4, 0.5) is 16.0 Å². The van der Waals surface area contributed by atoms with E-state index in [1.807, 2.05) is 24.3 Å². The van der Waals surface area contributed by atoms with Gasteiger partial charge in [0.1, 0.15) is 5.82 Å². The number of carbonyl (C=O) groups is 1. The monoisotopic (exact) mass is 378 g/mol. The van der Waals surface area contributed by atoms with Gasteiger partial charge in [0.05, 0.1) is 5.56 Å². The Morgan fingerprint density at radius 2 is 1.64 bits per heavy atom. The zero-order valence-electron chi connectivity index (χ0n) is 15.9. The predicted octanol–water partition coefficient (Wildman–Crippen LogP) is 4.65. The van der Waals surface area contributed by atoms with Crippen molar-refractivity contribution in [2.45, 2.75) is 26.2 Å². The molecule has 3 rings (SSSR count). The van der Waals surface area contributed by atoms with Crippen LogP contribution in [0, 0.1) is 5.82 Å². The van der Waals surface area contributed by atoms with E-state index in [-0.39, 0.29) is 11.7 Å². The van der Waals surface area contributed by atoms with Gasteiger partial charge < -0.3 is 10.6 Å². The molecule has 0 aliphatic rings. The van der Waals surface area contributed by atoms with Crippen LogP contribution in [0.5, 0.6) is 0 Å². The molecule has 2 N–H and O–H groups in total. The molecule has 0 aliphatic heterocycles. The second-order valence-electron chi connectivity index (χ2n) is 6.83. The zero-order valence-corrected chi connectivity index (χ0v) is 15.9. The summed E-state index contributed by atoms with van der Waals surface area (Å²) in [4.78, 5) is 20.7. The van der Waals surface area contributed by atoms with Crippen molar-refractivity contribution in [3.63, 3.8) is 0 Å². The maximum Gasteiger partial charge on any atom is 0.258 e. The van der Waals surface area contributed by atoms with Crippen molar-refractivity contribution in [3.8, 4) is 0 Å². The van der Waals surface area contributed by atoms with Crippen molar-refractivity contribution in [2.75, 3.05) is 17.2 Å². The lowest BCUT2D eigenvalue weighted by Gasteiger charge is -2.09. The van der Waals surface area contributed by atoms with Gasteiger partial charge in [0.2, 0.25) is 5.95 Å². The first-order chi connectivity index (χ1) is 13.5. The maximum atomic E-state index is 12.9. The molecule has 144 valence electrons. The van der Waals surface area contributed by atoms with Gasteiger partial charge in [-0.15, -0.1) is 0 Å². The molecule has 0 spiro atoms. The standard InChI is InChI=1S/C22H23FN4O/c1-15(2)17-5-9-20(10-6-17)27-21(28)18-13-25-22(26-14-18)24-12-11-16-3-7-19(23)8-4-16/h3-10,13-15H,11-12H2,1-2H3,(H,27,28)(H,24,25,26). The Balaban J connectivity index is 1.51. The van der Waals surface area contributed by atoms with Crippen LogP contribution in [-0.2, 0) is 6.42 Å². The van der Waals surface area contributed by atoms with E-state index in [9.17, 15) is 9.18 Å². The third-order valence-electron chi connectivity index (χ3n) is 4.36. The fourth-order valence-corrected chi connectivity index (χ4v) is 2.66. The van der Waals surface area contributed by atoms with Crippen LogP contribution in [0.25, 0.3) is 0 Å². The quantitative estimate of drug-likeness (QED) is 0.628. The smallest absolute Gasteiger partial charge is 0.258 e. The second-order valence-corrected chi connectivity index (χ2v) is 6.83. The number of aromatic nitrogens is 2. The van der Waals surface area contributed by atoms with Gasteiger partial charge in [-0.25, -0.2) is 14.4 Å². The summed E-state index contributed by atoms with van der Waals surface area (Å²) in [6.45, 7) is 4.86. The van der Waals surface area contributed by atoms with Crippen molar-refractivity contribution >= 4 is 17.5 Å². The molecule has 0 fully saturated rings. The Hall–Kier alpha value is -3.28. The number of nitrogens with one attached hydrogen (secondary N) is 2. The minimum atomic E-state index is -0.254. The van der Waals surface area contributed by atoms with Crippen LogP contribution in [0.15, 0.2) is 60.9 Å². The summed E-state index contributed by atoms with van der Waals surface area (Å²) in [6.07, 6.45) is 3.70. The molecule has 0 unspecified atom stereocenters. The highest BCUT2D eigenvalue weighted by atomic mass is 19.1. The summed E-state index contributed by atoms with van der Waals surface area (Å²) in [7, 11) is 0. The van der Waals surface area contributed by atoms with Crippen LogP contribution in [0.1, 0.15) is 41.3 Å². The molecule has 0 saturated carbocycles. The van der Waals surface area contributed by atoms with Crippen LogP contribution < -0.4 is 10.6 Å². The summed E-state index contributed by atoms with van der Waals surface area (Å²) in [5, 5.41) is 5.94. The second kappa shape index (κ2) is 9.08. The molecule has 0 bridgehead atoms. The molecule has 1 aromatic heterocycles. The van der Waals surface area contributed by atoms with Gasteiger partial charge in [-0.1, -0.05) is 38.1 Å². The number of carbonyl (C=O) groups excluding carboxylic acids is 1. The molecule has 0 aliphatic carbocycles. The minimum Gasteiger partial charge on any atom is -0.354 e. The Labute approximate surface area is 164 Å². The number of amides is 1. The number of anilines is 2. The molecular weight excluding hydrogens is 355 g/mol. The number of halogens is 1. The van der Waals surface area contributed by atoms with E-state index in [0.717, 1.165) is 17.7 Å². The molecule has 0 saturated heterocycles. The summed E-state index contributed by atoms with van der Waals surface area (Å²) in [5.74, 6) is 0.390. The van der Waals surface area contributed by atoms with Gasteiger partial charge in [0.15, 0.2) is 0 Å². The van der Waals surface area contributed by atoms with Crippen molar-refractivity contribution in [1.29, 1.82) is 0 Å². The van der Waals surface area contributed by atoms with E-state index in [0.29, 0.717) is 24.0 Å². The highest BCUT2D eigenvalue weighted by Crippen LogP contribution is 2.17. The number of nitrogens with zero attached hydrogens (tertiary/aromatic N) is 2. The van der Waals surface area contributed by atoms with Crippen molar-refractivity contribution in [3.05, 3.63) is 83.4 Å². The number of rotatable bonds is 7. The van der Waals surface area contributed by atoms with E-state index in [1.54, 1.807) is 12.1 Å². The van der Waals surface area contributed by atoms with Crippen LogP contribution in [0.3, 0.4) is 0 Å². The van der Waals surface area contributed by atoms with E-state index in [2.05, 4.69) is 34.4 Å². The molecule has 1 heterocycles. The van der Waals surface area contributed by atoms with E-state index < -0.39 is 0 Å². The lowest BCUT2D eigenvalue weighted by atomic mass is 10.0. The first kappa shape index (κ1) is 19.5. The normalized spacial score (nSPS) is 10.7. The average molecular weight is 378 g/mol. The Morgan fingerprint density at radius 3 is 2.25 bits per heavy atom. The third kappa shape index (κ3) is 5.36. The highest BCUT2D eigenvalue weighted by molar-refractivity contribution is 6.03. The first-order valence-electron chi connectivity index (χ1n) is 9.23. The van der Waals surface area contributed by atoms with Crippen molar-refractivity contribution in [2.24, 2.45) is 0 Å². The number of hydrogen-bond acceptors (Lipinski definition) is 4. The fraction of sp³-hybridized carbons (Fsp3) is 0.227. The van der Waals surface area contributed by atoms with Gasteiger partial charge in [-0.05, 0) is 47.7 Å². The summed E-state index contributed by atoms with van der Waals surface area (Å²) < 4.78 is 12.9. The van der Waals surface area contributed by atoms with E-state index >= 15 is 0 Å². The van der Waals surface area contributed by atoms with Gasteiger partial charge in [0, 0.05) is 24.6 Å².